The van der Waals surface area contributed by atoms with Gasteiger partial charge in [-0.3, -0.25) is 4.90 Å². The molecule has 1 aromatic carbocycles. The number of benzene rings is 1. The van der Waals surface area contributed by atoms with Crippen molar-refractivity contribution in [1.82, 2.24) is 9.62 Å². The number of furan rings is 1. The predicted molar refractivity (Wildman–Crippen MR) is 99.3 cm³/mol. The number of piperidine rings is 1. The van der Waals surface area contributed by atoms with E-state index in [9.17, 15) is 8.42 Å². The van der Waals surface area contributed by atoms with E-state index in [-0.39, 0.29) is 6.04 Å². The molecule has 3 rings (SSSR count). The van der Waals surface area contributed by atoms with Crippen molar-refractivity contribution < 1.29 is 12.8 Å². The zero-order valence-corrected chi connectivity index (χ0v) is 15.0. The van der Waals surface area contributed by atoms with Crippen LogP contribution in [0.1, 0.15) is 36.6 Å². The fraction of sp³-hybridized carbons (Fsp3) is 0.368. The maximum Gasteiger partial charge on any atom is 0.233 e. The lowest BCUT2D eigenvalue weighted by atomic mass is 10.1. The van der Waals surface area contributed by atoms with Gasteiger partial charge >= 0.3 is 0 Å². The lowest BCUT2D eigenvalue weighted by Gasteiger charge is -2.33. The van der Waals surface area contributed by atoms with Gasteiger partial charge in [-0.2, -0.15) is 0 Å². The summed E-state index contributed by atoms with van der Waals surface area (Å²) in [5.74, 6) is 0.802. The summed E-state index contributed by atoms with van der Waals surface area (Å²) in [5.41, 5.74) is 0.853. The van der Waals surface area contributed by atoms with E-state index in [0.29, 0.717) is 6.54 Å². The fourth-order valence-electron chi connectivity index (χ4n) is 3.10. The van der Waals surface area contributed by atoms with Gasteiger partial charge in [0.25, 0.3) is 0 Å². The van der Waals surface area contributed by atoms with Gasteiger partial charge in [-0.15, -0.1) is 0 Å². The summed E-state index contributed by atoms with van der Waals surface area (Å²) in [6.45, 7) is 2.23. The van der Waals surface area contributed by atoms with Crippen LogP contribution < -0.4 is 4.72 Å². The van der Waals surface area contributed by atoms with Crippen molar-refractivity contribution in [1.29, 1.82) is 0 Å². The number of hydrogen-bond acceptors (Lipinski definition) is 4. The Kier molecular flexibility index (Phi) is 6.07. The lowest BCUT2D eigenvalue weighted by Crippen LogP contribution is -2.40. The Balaban J connectivity index is 1.66. The van der Waals surface area contributed by atoms with E-state index < -0.39 is 10.0 Å². The Morgan fingerprint density at radius 1 is 1.08 bits per heavy atom. The first-order valence-corrected chi connectivity index (χ1v) is 10.2. The third kappa shape index (κ3) is 5.29. The van der Waals surface area contributed by atoms with Crippen LogP contribution in [0.3, 0.4) is 0 Å². The molecule has 1 atom stereocenters. The minimum atomic E-state index is -3.50. The number of nitrogens with zero attached hydrogens (tertiary/aromatic N) is 1. The normalized spacial score (nSPS) is 17.8. The second-order valence-electron chi connectivity index (χ2n) is 6.23. The fourth-order valence-corrected chi connectivity index (χ4v) is 3.92. The monoisotopic (exact) mass is 360 g/mol. The van der Waals surface area contributed by atoms with Crippen LogP contribution in [0.4, 0.5) is 0 Å². The van der Waals surface area contributed by atoms with Gasteiger partial charge in [-0.25, -0.2) is 13.1 Å². The van der Waals surface area contributed by atoms with Crippen molar-refractivity contribution in [2.75, 3.05) is 19.6 Å². The Bertz CT molecular complexity index is 764. The van der Waals surface area contributed by atoms with E-state index >= 15 is 0 Å². The molecular weight excluding hydrogens is 336 g/mol. The van der Waals surface area contributed by atoms with Crippen LogP contribution in [0.25, 0.3) is 6.08 Å². The van der Waals surface area contributed by atoms with Gasteiger partial charge in [-0.1, -0.05) is 36.8 Å². The minimum absolute atomic E-state index is 0.0739. The molecule has 2 aromatic rings. The van der Waals surface area contributed by atoms with E-state index in [0.717, 1.165) is 37.3 Å². The smallest absolute Gasteiger partial charge is 0.233 e. The zero-order chi connectivity index (χ0) is 17.5. The Hall–Kier alpha value is -1.89. The predicted octanol–water partition coefficient (Wildman–Crippen LogP) is 3.40. The van der Waals surface area contributed by atoms with Gasteiger partial charge in [-0.05, 0) is 49.7 Å². The van der Waals surface area contributed by atoms with Crippen molar-refractivity contribution in [2.45, 2.75) is 25.3 Å². The Morgan fingerprint density at radius 2 is 1.84 bits per heavy atom. The van der Waals surface area contributed by atoms with Crippen LogP contribution in [0.2, 0.25) is 0 Å². The second kappa shape index (κ2) is 8.47. The largest absolute Gasteiger partial charge is 0.468 e. The molecule has 25 heavy (non-hydrogen) atoms. The third-order valence-corrected chi connectivity index (χ3v) is 5.48. The Labute approximate surface area is 149 Å². The highest BCUT2D eigenvalue weighted by molar-refractivity contribution is 7.92. The number of nitrogens with one attached hydrogen (secondary N) is 1. The molecule has 1 aliphatic rings. The van der Waals surface area contributed by atoms with Crippen molar-refractivity contribution in [3.63, 3.8) is 0 Å². The lowest BCUT2D eigenvalue weighted by molar-refractivity contribution is 0.147. The molecule has 1 N–H and O–H groups in total. The number of hydrogen-bond donors (Lipinski definition) is 1. The molecular formula is C19H24N2O3S. The molecule has 0 saturated carbocycles. The van der Waals surface area contributed by atoms with Crippen molar-refractivity contribution in [2.24, 2.45) is 0 Å². The van der Waals surface area contributed by atoms with Crippen LogP contribution >= 0.6 is 0 Å². The third-order valence-electron chi connectivity index (χ3n) is 4.42. The molecule has 134 valence electrons. The van der Waals surface area contributed by atoms with Crippen LogP contribution in [0.15, 0.2) is 58.6 Å². The Morgan fingerprint density at radius 3 is 2.52 bits per heavy atom. The minimum Gasteiger partial charge on any atom is -0.468 e. The summed E-state index contributed by atoms with van der Waals surface area (Å²) in [6.07, 6.45) is 6.74. The molecule has 1 saturated heterocycles. The van der Waals surface area contributed by atoms with E-state index in [2.05, 4.69) is 9.62 Å². The maximum atomic E-state index is 12.3. The van der Waals surface area contributed by atoms with E-state index in [1.807, 2.05) is 42.5 Å². The van der Waals surface area contributed by atoms with E-state index in [1.165, 1.54) is 11.8 Å². The maximum absolute atomic E-state index is 12.3. The quantitative estimate of drug-likeness (QED) is 0.822. The van der Waals surface area contributed by atoms with Gasteiger partial charge < -0.3 is 4.42 Å². The molecule has 0 bridgehead atoms. The van der Waals surface area contributed by atoms with Crippen LogP contribution in [0, 0.1) is 0 Å². The highest BCUT2D eigenvalue weighted by Gasteiger charge is 2.25. The first-order chi connectivity index (χ1) is 12.1. The molecule has 1 aromatic heterocycles. The van der Waals surface area contributed by atoms with Crippen molar-refractivity contribution in [3.05, 3.63) is 65.5 Å². The molecule has 1 fully saturated rings. The standard InChI is InChI=1S/C19H24N2O3S/c22-25(23,15-11-17-8-3-1-4-9-17)20-16-18(19-10-7-14-24-19)21-12-5-2-6-13-21/h1,3-4,7-11,14-15,18,20H,2,5-6,12-13,16H2/b15-11+. The van der Waals surface area contributed by atoms with Crippen LogP contribution in [0.5, 0.6) is 0 Å². The molecule has 1 unspecified atom stereocenters. The average molecular weight is 360 g/mol. The first-order valence-electron chi connectivity index (χ1n) is 8.64. The summed E-state index contributed by atoms with van der Waals surface area (Å²) in [6, 6.07) is 13.1. The van der Waals surface area contributed by atoms with Crippen LogP contribution in [-0.2, 0) is 10.0 Å². The molecule has 0 spiro atoms. The van der Waals surface area contributed by atoms with Crippen molar-refractivity contribution in [3.8, 4) is 0 Å². The summed E-state index contributed by atoms with van der Waals surface area (Å²) in [4.78, 5) is 2.30. The number of sulfonamides is 1. The molecule has 0 radical (unpaired) electrons. The summed E-state index contributed by atoms with van der Waals surface area (Å²) < 4.78 is 32.9. The SMILES string of the molecule is O=S(=O)(/C=C/c1ccccc1)NCC(c1ccco1)N1CCCCC1. The molecule has 6 heteroatoms. The molecule has 5 nitrogen and oxygen atoms in total. The van der Waals surface area contributed by atoms with Gasteiger partial charge in [0, 0.05) is 12.0 Å². The summed E-state index contributed by atoms with van der Waals surface area (Å²) >= 11 is 0. The number of likely N-dealkylation sites (tertiary alicyclic amines) is 1. The second-order valence-corrected chi connectivity index (χ2v) is 7.89. The van der Waals surface area contributed by atoms with E-state index in [4.69, 9.17) is 4.42 Å². The highest BCUT2D eigenvalue weighted by atomic mass is 32.2. The topological polar surface area (TPSA) is 62.6 Å². The highest BCUT2D eigenvalue weighted by Crippen LogP contribution is 2.24. The zero-order valence-electron chi connectivity index (χ0n) is 14.2. The molecule has 0 aliphatic carbocycles. The molecule has 0 amide bonds. The molecule has 2 heterocycles. The van der Waals surface area contributed by atoms with Gasteiger partial charge in [0.2, 0.25) is 10.0 Å². The summed E-state index contributed by atoms with van der Waals surface area (Å²) in [5, 5.41) is 1.22. The van der Waals surface area contributed by atoms with Gasteiger partial charge in [0.05, 0.1) is 12.3 Å². The number of rotatable bonds is 7. The molecule has 1 aliphatic heterocycles. The summed E-state index contributed by atoms with van der Waals surface area (Å²) in [7, 11) is -3.50. The van der Waals surface area contributed by atoms with E-state index in [1.54, 1.807) is 12.3 Å². The van der Waals surface area contributed by atoms with Crippen molar-refractivity contribution >= 4 is 16.1 Å². The average Bonchev–Trinajstić information content (AvgIpc) is 3.16. The van der Waals surface area contributed by atoms with Gasteiger partial charge in [0.1, 0.15) is 5.76 Å². The first kappa shape index (κ1) is 17.9. The van der Waals surface area contributed by atoms with Gasteiger partial charge in [0.15, 0.2) is 0 Å². The van der Waals surface area contributed by atoms with Crippen LogP contribution in [-0.4, -0.2) is 33.0 Å².